The van der Waals surface area contributed by atoms with Crippen molar-refractivity contribution >= 4 is 49.7 Å². The molecule has 0 saturated heterocycles. The van der Waals surface area contributed by atoms with Gasteiger partial charge in [0.25, 0.3) is 0 Å². The van der Waals surface area contributed by atoms with E-state index in [1.165, 1.54) is 6.33 Å². The third-order valence-corrected chi connectivity index (χ3v) is 5.06. The standard InChI is InChI=1S/C19H18N6S/c1-11-6-3-4-8-13(11)23-17-15(20)18(22-10-21-17)25-19-24-16-12(2)7-5-9-14(16)26-19/h3-10H,20H2,1-2H3,(H2,21,22,23,24,25). The zero-order chi connectivity index (χ0) is 18.1. The molecule has 7 heteroatoms. The van der Waals surface area contributed by atoms with E-state index >= 15 is 0 Å². The predicted molar refractivity (Wildman–Crippen MR) is 109 cm³/mol. The molecule has 2 aromatic heterocycles. The molecule has 26 heavy (non-hydrogen) atoms. The molecule has 0 aliphatic rings. The minimum absolute atomic E-state index is 0.451. The molecule has 2 heterocycles. The lowest BCUT2D eigenvalue weighted by Crippen LogP contribution is -2.05. The lowest BCUT2D eigenvalue weighted by molar-refractivity contribution is 1.17. The number of nitrogens with two attached hydrogens (primary N) is 1. The van der Waals surface area contributed by atoms with Crippen LogP contribution in [0.3, 0.4) is 0 Å². The molecule has 0 amide bonds. The molecule has 2 aromatic carbocycles. The summed E-state index contributed by atoms with van der Waals surface area (Å²) in [5, 5.41) is 7.24. The lowest BCUT2D eigenvalue weighted by atomic mass is 10.2. The van der Waals surface area contributed by atoms with Crippen LogP contribution in [0, 0.1) is 13.8 Å². The summed E-state index contributed by atoms with van der Waals surface area (Å²) >= 11 is 1.57. The highest BCUT2D eigenvalue weighted by molar-refractivity contribution is 7.22. The Hall–Kier alpha value is -3.19. The minimum atomic E-state index is 0.451. The number of nitrogens with one attached hydrogen (secondary N) is 2. The van der Waals surface area contributed by atoms with Crippen molar-refractivity contribution in [3.05, 3.63) is 59.9 Å². The summed E-state index contributed by atoms with van der Waals surface area (Å²) in [6.07, 6.45) is 1.48. The molecule has 6 nitrogen and oxygen atoms in total. The quantitative estimate of drug-likeness (QED) is 0.484. The molecule has 0 bridgehead atoms. The summed E-state index contributed by atoms with van der Waals surface area (Å²) in [5.74, 6) is 1.10. The van der Waals surface area contributed by atoms with Crippen LogP contribution in [0.2, 0.25) is 0 Å². The van der Waals surface area contributed by atoms with Crippen molar-refractivity contribution in [3.8, 4) is 0 Å². The number of hydrogen-bond acceptors (Lipinski definition) is 7. The van der Waals surface area contributed by atoms with Gasteiger partial charge in [0.05, 0.1) is 10.2 Å². The monoisotopic (exact) mass is 362 g/mol. The fourth-order valence-electron chi connectivity index (χ4n) is 2.68. The number of para-hydroxylation sites is 2. The Kier molecular flexibility index (Phi) is 4.14. The number of anilines is 5. The molecule has 4 aromatic rings. The first-order chi connectivity index (χ1) is 12.6. The maximum atomic E-state index is 6.28. The smallest absolute Gasteiger partial charge is 0.189 e. The summed E-state index contributed by atoms with van der Waals surface area (Å²) in [4.78, 5) is 13.2. The van der Waals surface area contributed by atoms with E-state index in [2.05, 4.69) is 44.6 Å². The Balaban J connectivity index is 1.65. The average Bonchev–Trinajstić information content (AvgIpc) is 3.04. The fraction of sp³-hybridized carbons (Fsp3) is 0.105. The van der Waals surface area contributed by atoms with Gasteiger partial charge in [-0.1, -0.05) is 41.7 Å². The minimum Gasteiger partial charge on any atom is -0.393 e. The van der Waals surface area contributed by atoms with Gasteiger partial charge in [-0.15, -0.1) is 0 Å². The average molecular weight is 362 g/mol. The second-order valence-electron chi connectivity index (χ2n) is 5.99. The maximum absolute atomic E-state index is 6.28. The zero-order valence-electron chi connectivity index (χ0n) is 14.4. The fourth-order valence-corrected chi connectivity index (χ4v) is 3.62. The van der Waals surface area contributed by atoms with Gasteiger partial charge in [-0.2, -0.15) is 0 Å². The van der Waals surface area contributed by atoms with E-state index < -0.39 is 0 Å². The van der Waals surface area contributed by atoms with Crippen LogP contribution in [0.4, 0.5) is 28.1 Å². The van der Waals surface area contributed by atoms with Crippen molar-refractivity contribution in [1.29, 1.82) is 0 Å². The third kappa shape index (κ3) is 3.04. The Morgan fingerprint density at radius 3 is 2.38 bits per heavy atom. The first kappa shape index (κ1) is 16.3. The van der Waals surface area contributed by atoms with Gasteiger partial charge in [-0.25, -0.2) is 15.0 Å². The van der Waals surface area contributed by atoms with E-state index in [0.29, 0.717) is 17.3 Å². The van der Waals surface area contributed by atoms with Crippen LogP contribution in [0.15, 0.2) is 48.8 Å². The van der Waals surface area contributed by atoms with Crippen molar-refractivity contribution < 1.29 is 0 Å². The molecule has 0 aliphatic heterocycles. The van der Waals surface area contributed by atoms with Crippen LogP contribution in [-0.2, 0) is 0 Å². The van der Waals surface area contributed by atoms with Gasteiger partial charge >= 0.3 is 0 Å². The van der Waals surface area contributed by atoms with Crippen LogP contribution < -0.4 is 16.4 Å². The van der Waals surface area contributed by atoms with E-state index in [0.717, 1.165) is 32.2 Å². The molecule has 0 spiro atoms. The van der Waals surface area contributed by atoms with Gasteiger partial charge in [0.2, 0.25) is 0 Å². The Morgan fingerprint density at radius 2 is 1.62 bits per heavy atom. The lowest BCUT2D eigenvalue weighted by Gasteiger charge is -2.12. The number of thiazole rings is 1. The van der Waals surface area contributed by atoms with Gasteiger partial charge in [0.1, 0.15) is 12.0 Å². The Labute approximate surface area is 155 Å². The first-order valence-corrected chi connectivity index (χ1v) is 9.00. The molecule has 0 unspecified atom stereocenters. The molecule has 130 valence electrons. The molecule has 0 radical (unpaired) electrons. The number of aromatic nitrogens is 3. The Bertz CT molecular complexity index is 1090. The number of benzene rings is 2. The second-order valence-corrected chi connectivity index (χ2v) is 7.02. The van der Waals surface area contributed by atoms with Crippen molar-refractivity contribution in [3.63, 3.8) is 0 Å². The third-order valence-electron chi connectivity index (χ3n) is 4.13. The predicted octanol–water partition coefficient (Wildman–Crippen LogP) is 4.77. The number of nitrogens with zero attached hydrogens (tertiary/aromatic N) is 3. The highest BCUT2D eigenvalue weighted by Gasteiger charge is 2.12. The normalized spacial score (nSPS) is 10.8. The van der Waals surface area contributed by atoms with Crippen LogP contribution in [0.25, 0.3) is 10.2 Å². The van der Waals surface area contributed by atoms with Gasteiger partial charge in [-0.3, -0.25) is 0 Å². The molecule has 0 saturated carbocycles. The van der Waals surface area contributed by atoms with E-state index in [4.69, 9.17) is 5.73 Å². The van der Waals surface area contributed by atoms with Crippen molar-refractivity contribution in [2.75, 3.05) is 16.4 Å². The van der Waals surface area contributed by atoms with Crippen LogP contribution in [-0.4, -0.2) is 15.0 Å². The van der Waals surface area contributed by atoms with Crippen molar-refractivity contribution in [1.82, 2.24) is 15.0 Å². The maximum Gasteiger partial charge on any atom is 0.189 e. The molecule has 0 aliphatic carbocycles. The molecule has 4 N–H and O–H groups in total. The highest BCUT2D eigenvalue weighted by Crippen LogP contribution is 2.33. The largest absolute Gasteiger partial charge is 0.393 e. The van der Waals surface area contributed by atoms with Crippen molar-refractivity contribution in [2.45, 2.75) is 13.8 Å². The number of aryl methyl sites for hydroxylation is 2. The molecular formula is C19H18N6S. The zero-order valence-corrected chi connectivity index (χ0v) is 15.3. The highest BCUT2D eigenvalue weighted by atomic mass is 32.1. The van der Waals surface area contributed by atoms with Crippen LogP contribution in [0.5, 0.6) is 0 Å². The van der Waals surface area contributed by atoms with Gasteiger partial charge in [-0.05, 0) is 37.1 Å². The van der Waals surface area contributed by atoms with Crippen LogP contribution in [0.1, 0.15) is 11.1 Å². The summed E-state index contributed by atoms with van der Waals surface area (Å²) in [5.41, 5.74) is 10.9. The number of fused-ring (bicyclic) bond motifs is 1. The number of rotatable bonds is 4. The molecule has 0 fully saturated rings. The number of nitrogen functional groups attached to an aromatic ring is 1. The topological polar surface area (TPSA) is 88.8 Å². The summed E-state index contributed by atoms with van der Waals surface area (Å²) in [6.45, 7) is 4.08. The first-order valence-electron chi connectivity index (χ1n) is 8.18. The van der Waals surface area contributed by atoms with Gasteiger partial charge in [0.15, 0.2) is 16.8 Å². The Morgan fingerprint density at radius 1 is 0.885 bits per heavy atom. The number of hydrogen-bond donors (Lipinski definition) is 3. The van der Waals surface area contributed by atoms with Crippen molar-refractivity contribution in [2.24, 2.45) is 0 Å². The second kappa shape index (κ2) is 6.61. The van der Waals surface area contributed by atoms with Gasteiger partial charge < -0.3 is 16.4 Å². The summed E-state index contributed by atoms with van der Waals surface area (Å²) < 4.78 is 1.12. The van der Waals surface area contributed by atoms with Gasteiger partial charge in [0, 0.05) is 5.69 Å². The summed E-state index contributed by atoms with van der Waals surface area (Å²) in [6, 6.07) is 14.1. The van der Waals surface area contributed by atoms with E-state index in [-0.39, 0.29) is 0 Å². The van der Waals surface area contributed by atoms with E-state index in [1.807, 2.05) is 37.3 Å². The SMILES string of the molecule is Cc1ccccc1Nc1ncnc(Nc2nc3c(C)cccc3s2)c1N. The van der Waals surface area contributed by atoms with E-state index in [9.17, 15) is 0 Å². The molecule has 0 atom stereocenters. The molecule has 4 rings (SSSR count). The van der Waals surface area contributed by atoms with Crippen LogP contribution >= 0.6 is 11.3 Å². The molecular weight excluding hydrogens is 344 g/mol. The summed E-state index contributed by atoms with van der Waals surface area (Å²) in [7, 11) is 0. The van der Waals surface area contributed by atoms with E-state index in [1.54, 1.807) is 11.3 Å².